The molecule has 25 heavy (non-hydrogen) atoms. The summed E-state index contributed by atoms with van der Waals surface area (Å²) in [6, 6.07) is 1.81. The molecule has 0 radical (unpaired) electrons. The number of piperazine rings is 1. The minimum absolute atomic E-state index is 0.00452. The minimum atomic E-state index is -3.65. The van der Waals surface area contributed by atoms with Crippen LogP contribution in [0.4, 0.5) is 0 Å². The summed E-state index contributed by atoms with van der Waals surface area (Å²) in [5.74, 6) is 0.292. The summed E-state index contributed by atoms with van der Waals surface area (Å²) in [5.41, 5.74) is 0.357. The van der Waals surface area contributed by atoms with Gasteiger partial charge in [0, 0.05) is 51.5 Å². The zero-order chi connectivity index (χ0) is 18.0. The molecule has 0 unspecified atom stereocenters. The average Bonchev–Trinajstić information content (AvgIpc) is 3.22. The molecular formula is C15H21N5O4S. The highest BCUT2D eigenvalue weighted by Gasteiger charge is 2.34. The van der Waals surface area contributed by atoms with Crippen LogP contribution in [0.3, 0.4) is 0 Å². The lowest BCUT2D eigenvalue weighted by Gasteiger charge is -2.34. The van der Waals surface area contributed by atoms with Crippen molar-refractivity contribution in [3.05, 3.63) is 29.9 Å². The largest absolute Gasteiger partial charge is 0.360 e. The second-order valence-electron chi connectivity index (χ2n) is 5.96. The Morgan fingerprint density at radius 1 is 1.24 bits per heavy atom. The lowest BCUT2D eigenvalue weighted by Crippen LogP contribution is -2.50. The van der Waals surface area contributed by atoms with E-state index in [1.807, 2.05) is 6.07 Å². The first-order valence-corrected chi connectivity index (χ1v) is 9.52. The summed E-state index contributed by atoms with van der Waals surface area (Å²) in [6.07, 6.45) is 3.82. The van der Waals surface area contributed by atoms with Crippen LogP contribution in [0.25, 0.3) is 0 Å². The van der Waals surface area contributed by atoms with E-state index in [1.54, 1.807) is 35.8 Å². The summed E-state index contributed by atoms with van der Waals surface area (Å²) in [5, 5.41) is 7.78. The maximum atomic E-state index is 12.8. The Bertz CT molecular complexity index is 816. The lowest BCUT2D eigenvalue weighted by atomic mass is 10.3. The van der Waals surface area contributed by atoms with Crippen molar-refractivity contribution in [2.45, 2.75) is 31.7 Å². The molecule has 2 aromatic heterocycles. The third-order valence-electron chi connectivity index (χ3n) is 4.27. The highest BCUT2D eigenvalue weighted by atomic mass is 32.2. The van der Waals surface area contributed by atoms with E-state index in [-0.39, 0.29) is 29.7 Å². The van der Waals surface area contributed by atoms with Gasteiger partial charge in [0.1, 0.15) is 10.6 Å². The maximum Gasteiger partial charge on any atom is 0.248 e. The molecule has 2 aromatic rings. The van der Waals surface area contributed by atoms with Crippen LogP contribution in [0, 0.1) is 13.8 Å². The monoisotopic (exact) mass is 367 g/mol. The van der Waals surface area contributed by atoms with E-state index >= 15 is 0 Å². The van der Waals surface area contributed by atoms with Crippen molar-refractivity contribution in [1.82, 2.24) is 24.1 Å². The molecule has 1 aliphatic heterocycles. The van der Waals surface area contributed by atoms with E-state index in [0.29, 0.717) is 31.7 Å². The molecule has 10 heteroatoms. The molecule has 1 amide bonds. The van der Waals surface area contributed by atoms with Gasteiger partial charge in [0.2, 0.25) is 15.9 Å². The molecule has 9 nitrogen and oxygen atoms in total. The predicted octanol–water partition coefficient (Wildman–Crippen LogP) is 0.411. The first-order chi connectivity index (χ1) is 11.9. The molecule has 1 aliphatic rings. The molecule has 0 N–H and O–H groups in total. The first-order valence-electron chi connectivity index (χ1n) is 8.08. The van der Waals surface area contributed by atoms with Crippen LogP contribution in [-0.4, -0.2) is 64.6 Å². The van der Waals surface area contributed by atoms with Gasteiger partial charge in [-0.15, -0.1) is 0 Å². The molecule has 0 atom stereocenters. The van der Waals surface area contributed by atoms with Gasteiger partial charge in [-0.2, -0.15) is 9.40 Å². The van der Waals surface area contributed by atoms with E-state index in [2.05, 4.69) is 10.3 Å². The molecule has 3 rings (SSSR count). The predicted molar refractivity (Wildman–Crippen MR) is 88.2 cm³/mol. The Morgan fingerprint density at radius 2 is 1.96 bits per heavy atom. The van der Waals surface area contributed by atoms with Crippen LogP contribution in [0.15, 0.2) is 27.9 Å². The number of hydrogen-bond acceptors (Lipinski definition) is 6. The molecular weight excluding hydrogens is 346 g/mol. The summed E-state index contributed by atoms with van der Waals surface area (Å²) in [6.45, 7) is 4.99. The van der Waals surface area contributed by atoms with Crippen LogP contribution in [0.1, 0.15) is 17.9 Å². The number of amides is 1. The molecule has 1 saturated heterocycles. The van der Waals surface area contributed by atoms with E-state index < -0.39 is 10.0 Å². The van der Waals surface area contributed by atoms with Gasteiger partial charge in [0.15, 0.2) is 5.76 Å². The Labute approximate surface area is 146 Å². The summed E-state index contributed by atoms with van der Waals surface area (Å²) in [4.78, 5) is 14.1. The number of aryl methyl sites for hydroxylation is 3. The SMILES string of the molecule is Cc1noc(C)c1S(=O)(=O)N1CCN(C(=O)CCn2cccn2)CC1. The fourth-order valence-electron chi connectivity index (χ4n) is 2.95. The quantitative estimate of drug-likeness (QED) is 0.759. The van der Waals surface area contributed by atoms with Gasteiger partial charge in [-0.05, 0) is 19.9 Å². The highest BCUT2D eigenvalue weighted by Crippen LogP contribution is 2.24. The fourth-order valence-corrected chi connectivity index (χ4v) is 4.66. The van der Waals surface area contributed by atoms with Crippen molar-refractivity contribution in [1.29, 1.82) is 0 Å². The highest BCUT2D eigenvalue weighted by molar-refractivity contribution is 7.89. The Balaban J connectivity index is 1.59. The molecule has 1 fully saturated rings. The number of aromatic nitrogens is 3. The average molecular weight is 367 g/mol. The van der Waals surface area contributed by atoms with Crippen molar-refractivity contribution in [3.63, 3.8) is 0 Å². The molecule has 0 saturated carbocycles. The van der Waals surface area contributed by atoms with Crippen molar-refractivity contribution in [3.8, 4) is 0 Å². The van der Waals surface area contributed by atoms with Crippen molar-refractivity contribution in [2.24, 2.45) is 0 Å². The molecule has 3 heterocycles. The first kappa shape index (κ1) is 17.6. The van der Waals surface area contributed by atoms with Gasteiger partial charge >= 0.3 is 0 Å². The molecule has 136 valence electrons. The maximum absolute atomic E-state index is 12.8. The van der Waals surface area contributed by atoms with Crippen molar-refractivity contribution < 1.29 is 17.7 Å². The minimum Gasteiger partial charge on any atom is -0.360 e. The third kappa shape index (κ3) is 3.59. The van der Waals surface area contributed by atoms with Crippen LogP contribution in [-0.2, 0) is 21.4 Å². The van der Waals surface area contributed by atoms with Gasteiger partial charge in [-0.25, -0.2) is 8.42 Å². The van der Waals surface area contributed by atoms with E-state index in [0.717, 1.165) is 0 Å². The Morgan fingerprint density at radius 3 is 2.52 bits per heavy atom. The number of nitrogens with zero attached hydrogens (tertiary/aromatic N) is 5. The topological polar surface area (TPSA) is 102 Å². The Kier molecular flexibility index (Phi) is 4.91. The molecule has 0 aliphatic carbocycles. The van der Waals surface area contributed by atoms with Crippen LogP contribution in [0.5, 0.6) is 0 Å². The van der Waals surface area contributed by atoms with Crippen LogP contribution in [0.2, 0.25) is 0 Å². The number of hydrogen-bond donors (Lipinski definition) is 0. The second-order valence-corrected chi connectivity index (χ2v) is 7.83. The van der Waals surface area contributed by atoms with E-state index in [1.165, 1.54) is 4.31 Å². The standard InChI is InChI=1S/C15H21N5O4S/c1-12-15(13(2)24-17-12)25(22,23)20-10-8-18(9-11-20)14(21)4-7-19-6-3-5-16-19/h3,5-6H,4,7-11H2,1-2H3. The lowest BCUT2D eigenvalue weighted by molar-refractivity contribution is -0.132. The molecule has 0 spiro atoms. The number of carbonyl (C=O) groups excluding carboxylic acids is 1. The van der Waals surface area contributed by atoms with Gasteiger partial charge in [-0.1, -0.05) is 5.16 Å². The number of rotatable bonds is 5. The fraction of sp³-hybridized carbons (Fsp3) is 0.533. The second kappa shape index (κ2) is 6.96. The van der Waals surface area contributed by atoms with E-state index in [4.69, 9.17) is 4.52 Å². The third-order valence-corrected chi connectivity index (χ3v) is 6.41. The van der Waals surface area contributed by atoms with Crippen molar-refractivity contribution in [2.75, 3.05) is 26.2 Å². The summed E-state index contributed by atoms with van der Waals surface area (Å²) < 4.78 is 33.6. The smallest absolute Gasteiger partial charge is 0.248 e. The van der Waals surface area contributed by atoms with Crippen LogP contribution < -0.4 is 0 Å². The molecule has 0 aromatic carbocycles. The normalized spacial score (nSPS) is 16.3. The number of carbonyl (C=O) groups is 1. The van der Waals surface area contributed by atoms with Crippen LogP contribution >= 0.6 is 0 Å². The van der Waals surface area contributed by atoms with Gasteiger partial charge in [0.25, 0.3) is 0 Å². The van der Waals surface area contributed by atoms with Gasteiger partial charge < -0.3 is 9.42 Å². The number of sulfonamides is 1. The van der Waals surface area contributed by atoms with Crippen molar-refractivity contribution >= 4 is 15.9 Å². The molecule has 0 bridgehead atoms. The summed E-state index contributed by atoms with van der Waals surface area (Å²) >= 11 is 0. The zero-order valence-corrected chi connectivity index (χ0v) is 15.1. The summed E-state index contributed by atoms with van der Waals surface area (Å²) in [7, 11) is -3.65. The zero-order valence-electron chi connectivity index (χ0n) is 14.3. The van der Waals surface area contributed by atoms with Gasteiger partial charge in [0.05, 0.1) is 0 Å². The van der Waals surface area contributed by atoms with Gasteiger partial charge in [-0.3, -0.25) is 9.48 Å². The van der Waals surface area contributed by atoms with E-state index in [9.17, 15) is 13.2 Å². The Hall–Kier alpha value is -2.20.